The minimum absolute atomic E-state index is 0.216. The Morgan fingerprint density at radius 1 is 1.29 bits per heavy atom. The average Bonchev–Trinajstić information content (AvgIpc) is 2.86. The van der Waals surface area contributed by atoms with Crippen molar-refractivity contribution in [2.75, 3.05) is 0 Å². The predicted octanol–water partition coefficient (Wildman–Crippen LogP) is 2.17. The molecule has 1 aromatic heterocycles. The van der Waals surface area contributed by atoms with E-state index in [1.807, 2.05) is 6.92 Å². The molecule has 6 heteroatoms. The van der Waals surface area contributed by atoms with Crippen LogP contribution in [-0.2, 0) is 13.0 Å². The van der Waals surface area contributed by atoms with E-state index in [9.17, 15) is 9.59 Å². The van der Waals surface area contributed by atoms with Gasteiger partial charge in [0.15, 0.2) is 0 Å². The van der Waals surface area contributed by atoms with E-state index in [-0.39, 0.29) is 11.5 Å². The van der Waals surface area contributed by atoms with Gasteiger partial charge in [-0.3, -0.25) is 4.79 Å². The standard InChI is InChI=1S/C15H16N2O4/c1-3-12-13(9(2)21-17-12)14(18)16-8-10-4-6-11(7-5-10)15(19)20/h4-7H,3,8H2,1-2H3,(H,16,18)(H,19,20). The van der Waals surface area contributed by atoms with Gasteiger partial charge in [0.25, 0.3) is 5.91 Å². The zero-order chi connectivity index (χ0) is 15.4. The Morgan fingerprint density at radius 2 is 1.95 bits per heavy atom. The summed E-state index contributed by atoms with van der Waals surface area (Å²) in [5, 5.41) is 15.4. The second kappa shape index (κ2) is 6.21. The normalized spacial score (nSPS) is 10.4. The molecule has 0 saturated carbocycles. The van der Waals surface area contributed by atoms with Gasteiger partial charge in [-0.15, -0.1) is 0 Å². The third-order valence-corrected chi connectivity index (χ3v) is 3.15. The molecule has 0 atom stereocenters. The molecule has 2 N–H and O–H groups in total. The van der Waals surface area contributed by atoms with Crippen LogP contribution in [0.4, 0.5) is 0 Å². The van der Waals surface area contributed by atoms with E-state index in [0.717, 1.165) is 5.56 Å². The third kappa shape index (κ3) is 3.28. The topological polar surface area (TPSA) is 92.4 Å². The van der Waals surface area contributed by atoms with Crippen molar-refractivity contribution in [1.29, 1.82) is 0 Å². The Labute approximate surface area is 121 Å². The fourth-order valence-corrected chi connectivity index (χ4v) is 1.99. The summed E-state index contributed by atoms with van der Waals surface area (Å²) in [6, 6.07) is 6.35. The Bertz CT molecular complexity index is 659. The number of benzene rings is 1. The highest BCUT2D eigenvalue weighted by Crippen LogP contribution is 2.14. The van der Waals surface area contributed by atoms with E-state index in [4.69, 9.17) is 9.63 Å². The number of aromatic carboxylic acids is 1. The van der Waals surface area contributed by atoms with Crippen LogP contribution < -0.4 is 5.32 Å². The summed E-state index contributed by atoms with van der Waals surface area (Å²) in [7, 11) is 0. The van der Waals surface area contributed by atoms with Crippen LogP contribution >= 0.6 is 0 Å². The van der Waals surface area contributed by atoms with Crippen molar-refractivity contribution in [1.82, 2.24) is 10.5 Å². The quantitative estimate of drug-likeness (QED) is 0.879. The zero-order valence-electron chi connectivity index (χ0n) is 11.8. The van der Waals surface area contributed by atoms with Gasteiger partial charge in [0.2, 0.25) is 0 Å². The zero-order valence-corrected chi connectivity index (χ0v) is 11.8. The first-order valence-corrected chi connectivity index (χ1v) is 6.58. The van der Waals surface area contributed by atoms with Gasteiger partial charge in [0.05, 0.1) is 11.3 Å². The number of rotatable bonds is 5. The molecule has 0 unspecified atom stereocenters. The molecule has 6 nitrogen and oxygen atoms in total. The van der Waals surface area contributed by atoms with Gasteiger partial charge in [-0.05, 0) is 31.0 Å². The summed E-state index contributed by atoms with van der Waals surface area (Å²) in [5.74, 6) is -0.725. The van der Waals surface area contributed by atoms with Gasteiger partial charge in [-0.2, -0.15) is 0 Å². The lowest BCUT2D eigenvalue weighted by Gasteiger charge is -2.05. The Hall–Kier alpha value is -2.63. The molecule has 0 spiro atoms. The van der Waals surface area contributed by atoms with Gasteiger partial charge >= 0.3 is 5.97 Å². The van der Waals surface area contributed by atoms with Crippen LogP contribution in [0.15, 0.2) is 28.8 Å². The molecule has 110 valence electrons. The molecular formula is C15H16N2O4. The molecule has 1 amide bonds. The fraction of sp³-hybridized carbons (Fsp3) is 0.267. The van der Waals surface area contributed by atoms with Crippen molar-refractivity contribution in [3.05, 3.63) is 52.4 Å². The minimum atomic E-state index is -0.974. The number of aryl methyl sites for hydroxylation is 2. The molecule has 0 bridgehead atoms. The fourth-order valence-electron chi connectivity index (χ4n) is 1.99. The Balaban J connectivity index is 2.04. The van der Waals surface area contributed by atoms with Gasteiger partial charge in [0.1, 0.15) is 11.3 Å². The van der Waals surface area contributed by atoms with Crippen molar-refractivity contribution >= 4 is 11.9 Å². The highest BCUT2D eigenvalue weighted by Gasteiger charge is 2.18. The maximum absolute atomic E-state index is 12.1. The Morgan fingerprint density at radius 3 is 2.52 bits per heavy atom. The molecule has 0 saturated heterocycles. The number of nitrogens with zero attached hydrogens (tertiary/aromatic N) is 1. The number of carbonyl (C=O) groups is 2. The molecule has 0 aliphatic heterocycles. The number of aromatic nitrogens is 1. The summed E-state index contributed by atoms with van der Waals surface area (Å²) < 4.78 is 5.03. The minimum Gasteiger partial charge on any atom is -0.478 e. The van der Waals surface area contributed by atoms with Crippen molar-refractivity contribution in [3.8, 4) is 0 Å². The van der Waals surface area contributed by atoms with Crippen LogP contribution in [0.25, 0.3) is 0 Å². The lowest BCUT2D eigenvalue weighted by Crippen LogP contribution is -2.24. The predicted molar refractivity (Wildman–Crippen MR) is 75.2 cm³/mol. The first-order chi connectivity index (χ1) is 10.0. The summed E-state index contributed by atoms with van der Waals surface area (Å²) in [4.78, 5) is 22.9. The number of hydrogen-bond acceptors (Lipinski definition) is 4. The SMILES string of the molecule is CCc1noc(C)c1C(=O)NCc1ccc(C(=O)O)cc1. The van der Waals surface area contributed by atoms with Gasteiger partial charge in [-0.25, -0.2) is 4.79 Å². The van der Waals surface area contributed by atoms with Crippen molar-refractivity contribution in [2.24, 2.45) is 0 Å². The molecule has 0 fully saturated rings. The molecule has 0 radical (unpaired) electrons. The number of carboxylic acid groups (broad SMARTS) is 1. The monoisotopic (exact) mass is 288 g/mol. The van der Waals surface area contributed by atoms with Gasteiger partial charge < -0.3 is 14.9 Å². The lowest BCUT2D eigenvalue weighted by molar-refractivity contribution is 0.0696. The van der Waals surface area contributed by atoms with Crippen LogP contribution in [-0.4, -0.2) is 22.1 Å². The van der Waals surface area contributed by atoms with Gasteiger partial charge in [-0.1, -0.05) is 24.2 Å². The van der Waals surface area contributed by atoms with Crippen molar-refractivity contribution < 1.29 is 19.2 Å². The van der Waals surface area contributed by atoms with E-state index in [2.05, 4.69) is 10.5 Å². The van der Waals surface area contributed by atoms with E-state index in [1.165, 1.54) is 12.1 Å². The van der Waals surface area contributed by atoms with E-state index < -0.39 is 5.97 Å². The summed E-state index contributed by atoms with van der Waals surface area (Å²) in [5.41, 5.74) is 2.14. The smallest absolute Gasteiger partial charge is 0.335 e. The number of nitrogens with one attached hydrogen (secondary N) is 1. The molecule has 0 aliphatic carbocycles. The Kier molecular flexibility index (Phi) is 4.37. The van der Waals surface area contributed by atoms with Crippen LogP contribution in [0, 0.1) is 6.92 Å². The largest absolute Gasteiger partial charge is 0.478 e. The average molecular weight is 288 g/mol. The maximum atomic E-state index is 12.1. The summed E-state index contributed by atoms with van der Waals surface area (Å²) >= 11 is 0. The maximum Gasteiger partial charge on any atom is 0.335 e. The van der Waals surface area contributed by atoms with E-state index in [0.29, 0.717) is 30.0 Å². The van der Waals surface area contributed by atoms with Gasteiger partial charge in [0, 0.05) is 6.54 Å². The molecule has 2 aromatic rings. The number of carbonyl (C=O) groups excluding carboxylic acids is 1. The molecule has 1 aromatic carbocycles. The first kappa shape index (κ1) is 14.8. The number of amides is 1. The number of hydrogen-bond donors (Lipinski definition) is 2. The summed E-state index contributed by atoms with van der Waals surface area (Å²) in [6.07, 6.45) is 0.618. The second-order valence-electron chi connectivity index (χ2n) is 4.60. The van der Waals surface area contributed by atoms with Crippen LogP contribution in [0.3, 0.4) is 0 Å². The van der Waals surface area contributed by atoms with E-state index >= 15 is 0 Å². The van der Waals surface area contributed by atoms with Crippen molar-refractivity contribution in [3.63, 3.8) is 0 Å². The lowest BCUT2D eigenvalue weighted by atomic mass is 10.1. The second-order valence-corrected chi connectivity index (χ2v) is 4.60. The molecule has 0 aliphatic rings. The van der Waals surface area contributed by atoms with Crippen molar-refractivity contribution in [2.45, 2.75) is 26.8 Å². The molecule has 21 heavy (non-hydrogen) atoms. The molecule has 1 heterocycles. The van der Waals surface area contributed by atoms with E-state index in [1.54, 1.807) is 19.1 Å². The highest BCUT2D eigenvalue weighted by atomic mass is 16.5. The van der Waals surface area contributed by atoms with Crippen LogP contribution in [0.5, 0.6) is 0 Å². The third-order valence-electron chi connectivity index (χ3n) is 3.15. The highest BCUT2D eigenvalue weighted by molar-refractivity contribution is 5.96. The van der Waals surface area contributed by atoms with Crippen LogP contribution in [0.1, 0.15) is 44.7 Å². The molecule has 2 rings (SSSR count). The van der Waals surface area contributed by atoms with Crippen LogP contribution in [0.2, 0.25) is 0 Å². The summed E-state index contributed by atoms with van der Waals surface area (Å²) in [6.45, 7) is 3.91. The number of carboxylic acids is 1. The molecular weight excluding hydrogens is 272 g/mol. The first-order valence-electron chi connectivity index (χ1n) is 6.58.